The zero-order valence-electron chi connectivity index (χ0n) is 15.0. The first-order valence-corrected chi connectivity index (χ1v) is 9.46. The van der Waals surface area contributed by atoms with Gasteiger partial charge < -0.3 is 15.0 Å². The number of carbonyl (C=O) groups is 1. The second-order valence-corrected chi connectivity index (χ2v) is 7.14. The predicted octanol–water partition coefficient (Wildman–Crippen LogP) is 3.78. The van der Waals surface area contributed by atoms with Crippen LogP contribution in [0.5, 0.6) is 0 Å². The van der Waals surface area contributed by atoms with Crippen LogP contribution in [-0.2, 0) is 24.1 Å². The summed E-state index contributed by atoms with van der Waals surface area (Å²) in [5, 5.41) is 3.08. The fourth-order valence-electron chi connectivity index (χ4n) is 3.82. The first-order valence-electron chi connectivity index (χ1n) is 9.46. The first kappa shape index (κ1) is 17.0. The third-order valence-electron chi connectivity index (χ3n) is 5.18. The smallest absolute Gasteiger partial charge is 0.322 e. The van der Waals surface area contributed by atoms with Gasteiger partial charge in [-0.1, -0.05) is 12.1 Å². The molecule has 2 amide bonds. The van der Waals surface area contributed by atoms with Crippen LogP contribution in [-0.4, -0.2) is 35.2 Å². The van der Waals surface area contributed by atoms with Crippen LogP contribution in [0.1, 0.15) is 36.0 Å². The summed E-state index contributed by atoms with van der Waals surface area (Å²) in [6, 6.07) is 10.1. The Morgan fingerprint density at radius 2 is 2.15 bits per heavy atom. The molecule has 1 aromatic heterocycles. The lowest BCUT2D eigenvalue weighted by molar-refractivity contribution is 0.0819. The van der Waals surface area contributed by atoms with Crippen molar-refractivity contribution < 1.29 is 9.53 Å². The monoisotopic (exact) mass is 351 g/mol. The van der Waals surface area contributed by atoms with Crippen molar-refractivity contribution in [3.63, 3.8) is 0 Å². The standard InChI is InChI=1S/C21H25N3O2/c25-21(23-19-9-8-17-5-1-6-18(17)12-19)24(15-20-7-3-11-26-20)14-16-4-2-10-22-13-16/h2,4,8-10,12-13,20H,1,3,5-7,11,14-15H2,(H,23,25)/t20-/m1/s1. The van der Waals surface area contributed by atoms with E-state index in [1.807, 2.05) is 29.3 Å². The molecule has 1 aliphatic heterocycles. The van der Waals surface area contributed by atoms with Gasteiger partial charge in [0, 0.05) is 37.8 Å². The fraction of sp³-hybridized carbons (Fsp3) is 0.429. The maximum atomic E-state index is 12.9. The van der Waals surface area contributed by atoms with E-state index in [1.165, 1.54) is 17.5 Å². The molecule has 1 fully saturated rings. The third kappa shape index (κ3) is 4.05. The molecule has 0 unspecified atom stereocenters. The predicted molar refractivity (Wildman–Crippen MR) is 101 cm³/mol. The third-order valence-corrected chi connectivity index (χ3v) is 5.18. The largest absolute Gasteiger partial charge is 0.376 e. The van der Waals surface area contributed by atoms with Crippen LogP contribution in [0.2, 0.25) is 0 Å². The molecule has 1 atom stereocenters. The van der Waals surface area contributed by atoms with Crippen molar-refractivity contribution in [3.05, 3.63) is 59.4 Å². The van der Waals surface area contributed by atoms with Gasteiger partial charge in [0.2, 0.25) is 0 Å². The Balaban J connectivity index is 1.47. The number of urea groups is 1. The van der Waals surface area contributed by atoms with Crippen LogP contribution in [0.25, 0.3) is 0 Å². The highest BCUT2D eigenvalue weighted by molar-refractivity contribution is 5.89. The molecule has 2 aliphatic rings. The molecule has 0 spiro atoms. The number of anilines is 1. The fourth-order valence-corrected chi connectivity index (χ4v) is 3.82. The number of amides is 2. The lowest BCUT2D eigenvalue weighted by atomic mass is 10.1. The topological polar surface area (TPSA) is 54.5 Å². The van der Waals surface area contributed by atoms with E-state index in [0.717, 1.165) is 43.5 Å². The number of pyridine rings is 1. The molecule has 0 saturated carbocycles. The zero-order valence-corrected chi connectivity index (χ0v) is 15.0. The van der Waals surface area contributed by atoms with Gasteiger partial charge in [-0.25, -0.2) is 4.79 Å². The van der Waals surface area contributed by atoms with Gasteiger partial charge in [0.15, 0.2) is 0 Å². The number of carbonyl (C=O) groups excluding carboxylic acids is 1. The van der Waals surface area contributed by atoms with Crippen LogP contribution in [0.4, 0.5) is 10.5 Å². The number of nitrogens with one attached hydrogen (secondary N) is 1. The number of benzene rings is 1. The van der Waals surface area contributed by atoms with E-state index in [9.17, 15) is 4.79 Å². The van der Waals surface area contributed by atoms with Crippen molar-refractivity contribution in [1.82, 2.24) is 9.88 Å². The van der Waals surface area contributed by atoms with Crippen LogP contribution >= 0.6 is 0 Å². The van der Waals surface area contributed by atoms with Crippen molar-refractivity contribution in [2.75, 3.05) is 18.5 Å². The molecule has 5 nitrogen and oxygen atoms in total. The van der Waals surface area contributed by atoms with Crippen molar-refractivity contribution >= 4 is 11.7 Å². The van der Waals surface area contributed by atoms with E-state index >= 15 is 0 Å². The number of aromatic nitrogens is 1. The van der Waals surface area contributed by atoms with Gasteiger partial charge in [0.1, 0.15) is 0 Å². The summed E-state index contributed by atoms with van der Waals surface area (Å²) in [6.45, 7) is 1.92. The minimum atomic E-state index is -0.0812. The molecule has 1 N–H and O–H groups in total. The lowest BCUT2D eigenvalue weighted by Gasteiger charge is -2.26. The Bertz CT molecular complexity index is 757. The second-order valence-electron chi connectivity index (χ2n) is 7.14. The Kier molecular flexibility index (Phi) is 5.16. The van der Waals surface area contributed by atoms with Gasteiger partial charge in [0.25, 0.3) is 0 Å². The van der Waals surface area contributed by atoms with Crippen molar-refractivity contribution in [3.8, 4) is 0 Å². The van der Waals surface area contributed by atoms with Gasteiger partial charge >= 0.3 is 6.03 Å². The molecular formula is C21H25N3O2. The summed E-state index contributed by atoms with van der Waals surface area (Å²) < 4.78 is 5.74. The van der Waals surface area contributed by atoms with Gasteiger partial charge in [-0.05, 0) is 67.0 Å². The summed E-state index contributed by atoms with van der Waals surface area (Å²) in [5.74, 6) is 0. The molecule has 4 rings (SSSR count). The molecule has 0 radical (unpaired) electrons. The van der Waals surface area contributed by atoms with E-state index in [0.29, 0.717) is 13.1 Å². The molecule has 1 aromatic carbocycles. The molecule has 2 heterocycles. The zero-order chi connectivity index (χ0) is 17.8. The van der Waals surface area contributed by atoms with Crippen molar-refractivity contribution in [1.29, 1.82) is 0 Å². The van der Waals surface area contributed by atoms with Gasteiger partial charge in [-0.15, -0.1) is 0 Å². The number of hydrogen-bond donors (Lipinski definition) is 1. The van der Waals surface area contributed by atoms with Crippen LogP contribution < -0.4 is 5.32 Å². The summed E-state index contributed by atoms with van der Waals surface area (Å²) in [6.07, 6.45) is 9.22. The number of aryl methyl sites for hydroxylation is 2. The number of fused-ring (bicyclic) bond motifs is 1. The highest BCUT2D eigenvalue weighted by atomic mass is 16.5. The second kappa shape index (κ2) is 7.87. The maximum absolute atomic E-state index is 12.9. The molecule has 26 heavy (non-hydrogen) atoms. The number of nitrogens with zero attached hydrogens (tertiary/aromatic N) is 2. The quantitative estimate of drug-likeness (QED) is 0.892. The van der Waals surface area contributed by atoms with E-state index in [1.54, 1.807) is 6.20 Å². The van der Waals surface area contributed by atoms with E-state index < -0.39 is 0 Å². The molecule has 2 aromatic rings. The Hall–Kier alpha value is -2.40. The van der Waals surface area contributed by atoms with Gasteiger partial charge in [-0.3, -0.25) is 4.98 Å². The lowest BCUT2D eigenvalue weighted by Crippen LogP contribution is -2.39. The van der Waals surface area contributed by atoms with Crippen LogP contribution in [0.3, 0.4) is 0 Å². The normalized spacial score (nSPS) is 18.5. The number of hydrogen-bond acceptors (Lipinski definition) is 3. The number of rotatable bonds is 5. The highest BCUT2D eigenvalue weighted by Gasteiger charge is 2.23. The summed E-state index contributed by atoms with van der Waals surface area (Å²) in [7, 11) is 0. The van der Waals surface area contributed by atoms with E-state index in [-0.39, 0.29) is 12.1 Å². The minimum absolute atomic E-state index is 0.0812. The Morgan fingerprint density at radius 1 is 1.23 bits per heavy atom. The minimum Gasteiger partial charge on any atom is -0.376 e. The average Bonchev–Trinajstić information content (AvgIpc) is 3.33. The molecule has 1 saturated heterocycles. The summed E-state index contributed by atoms with van der Waals surface area (Å²) >= 11 is 0. The highest BCUT2D eigenvalue weighted by Crippen LogP contribution is 2.25. The first-order chi connectivity index (χ1) is 12.8. The Morgan fingerprint density at radius 3 is 2.96 bits per heavy atom. The van der Waals surface area contributed by atoms with Crippen LogP contribution in [0.15, 0.2) is 42.7 Å². The van der Waals surface area contributed by atoms with E-state index in [4.69, 9.17) is 4.74 Å². The van der Waals surface area contributed by atoms with Gasteiger partial charge in [-0.2, -0.15) is 0 Å². The Labute approximate surface area is 154 Å². The summed E-state index contributed by atoms with van der Waals surface area (Å²) in [5.41, 5.74) is 4.67. The molecule has 0 bridgehead atoms. The molecule has 5 heteroatoms. The van der Waals surface area contributed by atoms with Gasteiger partial charge in [0.05, 0.1) is 6.10 Å². The average molecular weight is 351 g/mol. The van der Waals surface area contributed by atoms with Crippen molar-refractivity contribution in [2.24, 2.45) is 0 Å². The van der Waals surface area contributed by atoms with Crippen LogP contribution in [0, 0.1) is 0 Å². The molecular weight excluding hydrogens is 326 g/mol. The van der Waals surface area contributed by atoms with E-state index in [2.05, 4.69) is 22.4 Å². The van der Waals surface area contributed by atoms with Crippen molar-refractivity contribution in [2.45, 2.75) is 44.8 Å². The number of ether oxygens (including phenoxy) is 1. The SMILES string of the molecule is O=C(Nc1ccc2c(c1)CCC2)N(Cc1cccnc1)C[C@H]1CCCO1. The summed E-state index contributed by atoms with van der Waals surface area (Å²) in [4.78, 5) is 18.9. The molecule has 1 aliphatic carbocycles. The molecule has 136 valence electrons. The maximum Gasteiger partial charge on any atom is 0.322 e.